The van der Waals surface area contributed by atoms with E-state index in [1.165, 1.54) is 10.4 Å². The first-order valence-electron chi connectivity index (χ1n) is 6.98. The molecular formula is C15H18BNO3S. The average molecular weight is 303 g/mol. The summed E-state index contributed by atoms with van der Waals surface area (Å²) in [6.07, 6.45) is 1.08. The van der Waals surface area contributed by atoms with Crippen molar-refractivity contribution >= 4 is 23.9 Å². The first-order valence-corrected chi connectivity index (χ1v) is 7.86. The molecule has 0 atom stereocenters. The van der Waals surface area contributed by atoms with Crippen LogP contribution in [0.5, 0.6) is 5.75 Å². The third kappa shape index (κ3) is 3.13. The van der Waals surface area contributed by atoms with Gasteiger partial charge in [-0.05, 0) is 35.0 Å². The highest BCUT2D eigenvalue weighted by atomic mass is 32.1. The highest BCUT2D eigenvalue weighted by molar-refractivity contribution is 7.10. The zero-order valence-electron chi connectivity index (χ0n) is 12.0. The van der Waals surface area contributed by atoms with Gasteiger partial charge in [-0.1, -0.05) is 12.1 Å². The second kappa shape index (κ2) is 6.19. The highest BCUT2D eigenvalue weighted by Gasteiger charge is 2.20. The predicted molar refractivity (Wildman–Crippen MR) is 85.0 cm³/mol. The van der Waals surface area contributed by atoms with Gasteiger partial charge in [0.15, 0.2) is 0 Å². The van der Waals surface area contributed by atoms with Crippen molar-refractivity contribution in [2.24, 2.45) is 0 Å². The molecule has 0 fully saturated rings. The molecule has 1 aliphatic rings. The molecule has 2 aromatic rings. The number of hydrogen-bond acceptors (Lipinski definition) is 5. The van der Waals surface area contributed by atoms with Crippen LogP contribution in [0.25, 0.3) is 0 Å². The molecule has 1 aromatic heterocycles. The molecule has 3 rings (SSSR count). The van der Waals surface area contributed by atoms with Gasteiger partial charge in [-0.2, -0.15) is 0 Å². The van der Waals surface area contributed by atoms with Gasteiger partial charge in [-0.3, -0.25) is 4.90 Å². The smallest absolute Gasteiger partial charge is 0.488 e. The molecule has 4 nitrogen and oxygen atoms in total. The first-order chi connectivity index (χ1) is 10.2. The molecule has 0 unspecified atom stereocenters. The normalized spacial score (nSPS) is 14.8. The molecule has 0 bridgehead atoms. The third-order valence-electron chi connectivity index (χ3n) is 3.88. The fourth-order valence-corrected chi connectivity index (χ4v) is 3.66. The summed E-state index contributed by atoms with van der Waals surface area (Å²) in [6, 6.07) is 7.48. The molecule has 0 aliphatic carbocycles. The SMILES string of the molecule is COc1ccc(B(O)O)cc1CN1CCc2sccc2C1. The van der Waals surface area contributed by atoms with Crippen LogP contribution in [0.4, 0.5) is 0 Å². The molecule has 1 aliphatic heterocycles. The monoisotopic (exact) mass is 303 g/mol. The van der Waals surface area contributed by atoms with E-state index < -0.39 is 7.12 Å². The lowest BCUT2D eigenvalue weighted by atomic mass is 9.79. The van der Waals surface area contributed by atoms with Gasteiger partial charge in [0.2, 0.25) is 0 Å². The Kier molecular flexibility index (Phi) is 4.31. The summed E-state index contributed by atoms with van der Waals surface area (Å²) in [7, 11) is 0.195. The van der Waals surface area contributed by atoms with Crippen molar-refractivity contribution in [2.75, 3.05) is 13.7 Å². The second-order valence-corrected chi connectivity index (χ2v) is 6.28. The lowest BCUT2D eigenvalue weighted by molar-refractivity contribution is 0.243. The maximum absolute atomic E-state index is 9.32. The van der Waals surface area contributed by atoms with Gasteiger partial charge >= 0.3 is 7.12 Å². The topological polar surface area (TPSA) is 52.9 Å². The molecule has 2 N–H and O–H groups in total. The molecule has 0 saturated carbocycles. The summed E-state index contributed by atoms with van der Waals surface area (Å²) in [6.45, 7) is 2.70. The van der Waals surface area contributed by atoms with Gasteiger partial charge in [0.05, 0.1) is 7.11 Å². The van der Waals surface area contributed by atoms with E-state index in [1.807, 2.05) is 17.4 Å². The van der Waals surface area contributed by atoms with Gasteiger partial charge < -0.3 is 14.8 Å². The van der Waals surface area contributed by atoms with Crippen molar-refractivity contribution in [3.05, 3.63) is 45.6 Å². The van der Waals surface area contributed by atoms with E-state index in [1.54, 1.807) is 19.2 Å². The number of benzene rings is 1. The van der Waals surface area contributed by atoms with Crippen LogP contribution in [0.1, 0.15) is 16.0 Å². The number of hydrogen-bond donors (Lipinski definition) is 2. The second-order valence-electron chi connectivity index (χ2n) is 5.27. The van der Waals surface area contributed by atoms with Crippen molar-refractivity contribution in [2.45, 2.75) is 19.5 Å². The molecule has 110 valence electrons. The molecule has 0 radical (unpaired) electrons. The third-order valence-corrected chi connectivity index (χ3v) is 4.91. The summed E-state index contributed by atoms with van der Waals surface area (Å²) in [5.41, 5.74) is 2.89. The van der Waals surface area contributed by atoms with Gasteiger partial charge in [-0.25, -0.2) is 0 Å². The summed E-state index contributed by atoms with van der Waals surface area (Å²) >= 11 is 1.83. The van der Waals surface area contributed by atoms with Gasteiger partial charge in [0.25, 0.3) is 0 Å². The van der Waals surface area contributed by atoms with Crippen molar-refractivity contribution < 1.29 is 14.8 Å². The Labute approximate surface area is 128 Å². The zero-order chi connectivity index (χ0) is 14.8. The first kappa shape index (κ1) is 14.6. The Morgan fingerprint density at radius 1 is 1.33 bits per heavy atom. The molecule has 1 aromatic carbocycles. The minimum Gasteiger partial charge on any atom is -0.496 e. The fourth-order valence-electron chi connectivity index (χ4n) is 2.77. The Morgan fingerprint density at radius 3 is 2.95 bits per heavy atom. The standard InChI is InChI=1S/C15H18BNO3S/c1-20-14-3-2-13(16(18)19)8-12(14)10-17-6-4-15-11(9-17)5-7-21-15/h2-3,5,7-8,18-19H,4,6,9-10H2,1H3. The number of rotatable bonds is 4. The molecule has 21 heavy (non-hydrogen) atoms. The number of fused-ring (bicyclic) bond motifs is 1. The van der Waals surface area contributed by atoms with E-state index in [0.29, 0.717) is 5.46 Å². The van der Waals surface area contributed by atoms with E-state index in [-0.39, 0.29) is 0 Å². The largest absolute Gasteiger partial charge is 0.496 e. The van der Waals surface area contributed by atoms with Gasteiger partial charge in [-0.15, -0.1) is 11.3 Å². The molecular weight excluding hydrogens is 285 g/mol. The Balaban J connectivity index is 1.79. The number of ether oxygens (including phenoxy) is 1. The Morgan fingerprint density at radius 2 is 2.19 bits per heavy atom. The van der Waals surface area contributed by atoms with E-state index in [0.717, 1.165) is 37.4 Å². The fraction of sp³-hybridized carbons (Fsp3) is 0.333. The lowest BCUT2D eigenvalue weighted by Crippen LogP contribution is -2.32. The van der Waals surface area contributed by atoms with Crippen molar-refractivity contribution in [3.63, 3.8) is 0 Å². The van der Waals surface area contributed by atoms with E-state index in [9.17, 15) is 10.0 Å². The summed E-state index contributed by atoms with van der Waals surface area (Å²) < 4.78 is 5.39. The van der Waals surface area contributed by atoms with Crippen LogP contribution in [0.3, 0.4) is 0 Å². The lowest BCUT2D eigenvalue weighted by Gasteiger charge is -2.27. The van der Waals surface area contributed by atoms with E-state index >= 15 is 0 Å². The van der Waals surface area contributed by atoms with Crippen LogP contribution in [0.15, 0.2) is 29.6 Å². The van der Waals surface area contributed by atoms with Crippen molar-refractivity contribution in [3.8, 4) is 5.75 Å². The van der Waals surface area contributed by atoms with Crippen LogP contribution < -0.4 is 10.2 Å². The maximum atomic E-state index is 9.32. The number of nitrogens with zero attached hydrogens (tertiary/aromatic N) is 1. The van der Waals surface area contributed by atoms with E-state index in [2.05, 4.69) is 16.3 Å². The minimum atomic E-state index is -1.44. The van der Waals surface area contributed by atoms with Gasteiger partial charge in [0.1, 0.15) is 5.75 Å². The molecule has 0 saturated heterocycles. The maximum Gasteiger partial charge on any atom is 0.488 e. The number of methoxy groups -OCH3 is 1. The van der Waals surface area contributed by atoms with Crippen LogP contribution in [-0.4, -0.2) is 35.7 Å². The zero-order valence-corrected chi connectivity index (χ0v) is 12.8. The quantitative estimate of drug-likeness (QED) is 0.827. The van der Waals surface area contributed by atoms with Crippen LogP contribution in [0, 0.1) is 0 Å². The summed E-state index contributed by atoms with van der Waals surface area (Å²) in [5.74, 6) is 0.788. The van der Waals surface area contributed by atoms with E-state index in [4.69, 9.17) is 4.74 Å². The Bertz CT molecular complexity index is 629. The highest BCUT2D eigenvalue weighted by Crippen LogP contribution is 2.26. The van der Waals surface area contributed by atoms with Crippen LogP contribution in [0.2, 0.25) is 0 Å². The number of thiophene rings is 1. The van der Waals surface area contributed by atoms with Crippen LogP contribution in [-0.2, 0) is 19.5 Å². The van der Waals surface area contributed by atoms with Gasteiger partial charge in [0, 0.05) is 30.1 Å². The molecule has 0 amide bonds. The molecule has 6 heteroatoms. The van der Waals surface area contributed by atoms with Crippen molar-refractivity contribution in [1.29, 1.82) is 0 Å². The molecule has 0 spiro atoms. The summed E-state index contributed by atoms with van der Waals surface area (Å²) in [5, 5.41) is 20.8. The van der Waals surface area contributed by atoms with Crippen LogP contribution >= 0.6 is 11.3 Å². The van der Waals surface area contributed by atoms with Crippen molar-refractivity contribution in [1.82, 2.24) is 4.90 Å². The average Bonchev–Trinajstić information content (AvgIpc) is 2.94. The predicted octanol–water partition coefficient (Wildman–Crippen LogP) is 0.995. The molecule has 2 heterocycles. The minimum absolute atomic E-state index is 0.499. The summed E-state index contributed by atoms with van der Waals surface area (Å²) in [4.78, 5) is 3.85. The Hall–Kier alpha value is -1.34.